The van der Waals surface area contributed by atoms with E-state index in [1.807, 2.05) is 24.4 Å². The number of hydrogen-bond donors (Lipinski definition) is 1. The molecule has 0 radical (unpaired) electrons. The summed E-state index contributed by atoms with van der Waals surface area (Å²) < 4.78 is 0. The van der Waals surface area contributed by atoms with Crippen molar-refractivity contribution < 1.29 is 0 Å². The molecule has 2 N–H and O–H groups in total. The lowest BCUT2D eigenvalue weighted by molar-refractivity contribution is 1.09. The SMILES string of the molecule is Cc1ccc(-c2nc(N)sc2Cc2ccccn2)cc1. The molecule has 2 aromatic heterocycles. The number of nitrogen functional groups attached to an aromatic ring is 1. The van der Waals surface area contributed by atoms with E-state index in [4.69, 9.17) is 5.73 Å². The van der Waals surface area contributed by atoms with Crippen LogP contribution in [0.1, 0.15) is 16.1 Å². The molecule has 20 heavy (non-hydrogen) atoms. The second kappa shape index (κ2) is 5.43. The molecule has 0 aliphatic heterocycles. The van der Waals surface area contributed by atoms with E-state index in [-0.39, 0.29) is 0 Å². The molecule has 0 spiro atoms. The van der Waals surface area contributed by atoms with Crippen molar-refractivity contribution in [3.63, 3.8) is 0 Å². The molecular weight excluding hydrogens is 266 g/mol. The summed E-state index contributed by atoms with van der Waals surface area (Å²) in [7, 11) is 0. The van der Waals surface area contributed by atoms with Gasteiger partial charge in [0.15, 0.2) is 5.13 Å². The maximum absolute atomic E-state index is 5.89. The maximum Gasteiger partial charge on any atom is 0.180 e. The molecule has 3 nitrogen and oxygen atoms in total. The summed E-state index contributed by atoms with van der Waals surface area (Å²) in [5.74, 6) is 0. The van der Waals surface area contributed by atoms with Crippen LogP contribution in [0.3, 0.4) is 0 Å². The first-order valence-electron chi connectivity index (χ1n) is 6.44. The predicted octanol–water partition coefficient (Wildman–Crippen LogP) is 3.69. The first kappa shape index (κ1) is 12.8. The molecule has 3 rings (SSSR count). The third-order valence-electron chi connectivity index (χ3n) is 3.11. The van der Waals surface area contributed by atoms with Gasteiger partial charge in [-0.05, 0) is 19.1 Å². The molecule has 0 aliphatic carbocycles. The first-order valence-corrected chi connectivity index (χ1v) is 7.26. The normalized spacial score (nSPS) is 10.7. The Morgan fingerprint density at radius 3 is 2.60 bits per heavy atom. The summed E-state index contributed by atoms with van der Waals surface area (Å²) in [5, 5.41) is 0.603. The second-order valence-electron chi connectivity index (χ2n) is 4.69. The number of thiazole rings is 1. The summed E-state index contributed by atoms with van der Waals surface area (Å²) in [6.07, 6.45) is 2.57. The van der Waals surface area contributed by atoms with Crippen LogP contribution in [0.2, 0.25) is 0 Å². The minimum atomic E-state index is 0.603. The van der Waals surface area contributed by atoms with Crippen molar-refractivity contribution >= 4 is 16.5 Å². The van der Waals surface area contributed by atoms with Gasteiger partial charge < -0.3 is 5.73 Å². The minimum Gasteiger partial charge on any atom is -0.375 e. The fraction of sp³-hybridized carbons (Fsp3) is 0.125. The Balaban J connectivity index is 1.98. The van der Waals surface area contributed by atoms with E-state index in [2.05, 4.69) is 41.2 Å². The molecule has 3 aromatic rings. The van der Waals surface area contributed by atoms with Crippen LogP contribution in [0, 0.1) is 6.92 Å². The second-order valence-corrected chi connectivity index (χ2v) is 5.80. The van der Waals surface area contributed by atoms with Crippen LogP contribution in [0.4, 0.5) is 5.13 Å². The summed E-state index contributed by atoms with van der Waals surface area (Å²) in [4.78, 5) is 10.0. The van der Waals surface area contributed by atoms with Crippen LogP contribution in [0.5, 0.6) is 0 Å². The Morgan fingerprint density at radius 1 is 1.10 bits per heavy atom. The molecule has 0 bridgehead atoms. The van der Waals surface area contributed by atoms with E-state index in [0.29, 0.717) is 5.13 Å². The molecule has 2 heterocycles. The van der Waals surface area contributed by atoms with Crippen LogP contribution in [0.15, 0.2) is 48.7 Å². The zero-order chi connectivity index (χ0) is 13.9. The van der Waals surface area contributed by atoms with Gasteiger partial charge in [-0.25, -0.2) is 4.98 Å². The topological polar surface area (TPSA) is 51.8 Å². The van der Waals surface area contributed by atoms with E-state index >= 15 is 0 Å². The molecule has 0 atom stereocenters. The number of aryl methyl sites for hydroxylation is 1. The number of nitrogens with two attached hydrogens (primary N) is 1. The number of anilines is 1. The quantitative estimate of drug-likeness (QED) is 0.796. The number of benzene rings is 1. The van der Waals surface area contributed by atoms with Gasteiger partial charge in [0, 0.05) is 28.8 Å². The summed E-state index contributed by atoms with van der Waals surface area (Å²) >= 11 is 1.53. The van der Waals surface area contributed by atoms with E-state index < -0.39 is 0 Å². The van der Waals surface area contributed by atoms with E-state index in [9.17, 15) is 0 Å². The highest BCUT2D eigenvalue weighted by molar-refractivity contribution is 7.15. The third kappa shape index (κ3) is 2.70. The third-order valence-corrected chi connectivity index (χ3v) is 3.99. The van der Waals surface area contributed by atoms with Crippen molar-refractivity contribution in [1.29, 1.82) is 0 Å². The Hall–Kier alpha value is -2.20. The lowest BCUT2D eigenvalue weighted by Gasteiger charge is -2.03. The monoisotopic (exact) mass is 281 g/mol. The summed E-state index contributed by atoms with van der Waals surface area (Å²) in [6, 6.07) is 14.3. The van der Waals surface area contributed by atoms with Gasteiger partial charge in [-0.1, -0.05) is 35.9 Å². The predicted molar refractivity (Wildman–Crippen MR) is 83.7 cm³/mol. The fourth-order valence-corrected chi connectivity index (χ4v) is 2.96. The summed E-state index contributed by atoms with van der Waals surface area (Å²) in [5.41, 5.74) is 10.2. The van der Waals surface area contributed by atoms with Crippen molar-refractivity contribution in [3.8, 4) is 11.3 Å². The Labute approximate surface area is 122 Å². The average molecular weight is 281 g/mol. The molecule has 0 fully saturated rings. The van der Waals surface area contributed by atoms with Gasteiger partial charge in [0.2, 0.25) is 0 Å². The van der Waals surface area contributed by atoms with Gasteiger partial charge in [-0.2, -0.15) is 0 Å². The van der Waals surface area contributed by atoms with Crippen molar-refractivity contribution in [2.45, 2.75) is 13.3 Å². The molecule has 0 unspecified atom stereocenters. The van der Waals surface area contributed by atoms with Gasteiger partial charge in [-0.3, -0.25) is 4.98 Å². The lowest BCUT2D eigenvalue weighted by Crippen LogP contribution is -1.91. The van der Waals surface area contributed by atoms with Crippen molar-refractivity contribution in [1.82, 2.24) is 9.97 Å². The van der Waals surface area contributed by atoms with Crippen LogP contribution in [0.25, 0.3) is 11.3 Å². The smallest absolute Gasteiger partial charge is 0.180 e. The highest BCUT2D eigenvalue weighted by Crippen LogP contribution is 2.31. The van der Waals surface area contributed by atoms with Gasteiger partial charge in [0.1, 0.15) is 0 Å². The van der Waals surface area contributed by atoms with E-state index in [1.54, 1.807) is 0 Å². The Morgan fingerprint density at radius 2 is 1.90 bits per heavy atom. The number of hydrogen-bond acceptors (Lipinski definition) is 4. The van der Waals surface area contributed by atoms with Gasteiger partial charge in [0.05, 0.1) is 5.69 Å². The van der Waals surface area contributed by atoms with Crippen molar-refractivity contribution in [3.05, 3.63) is 64.8 Å². The van der Waals surface area contributed by atoms with Gasteiger partial charge in [0.25, 0.3) is 0 Å². The maximum atomic E-state index is 5.89. The zero-order valence-electron chi connectivity index (χ0n) is 11.2. The Kier molecular flexibility index (Phi) is 3.48. The van der Waals surface area contributed by atoms with Crippen LogP contribution >= 0.6 is 11.3 Å². The first-order chi connectivity index (χ1) is 9.72. The average Bonchev–Trinajstić information content (AvgIpc) is 2.81. The molecular formula is C16H15N3S. The van der Waals surface area contributed by atoms with Gasteiger partial charge in [-0.15, -0.1) is 11.3 Å². The molecule has 1 aromatic carbocycles. The van der Waals surface area contributed by atoms with Crippen molar-refractivity contribution in [2.24, 2.45) is 0 Å². The molecule has 100 valence electrons. The minimum absolute atomic E-state index is 0.603. The van der Waals surface area contributed by atoms with Crippen LogP contribution in [-0.4, -0.2) is 9.97 Å². The molecule has 0 aliphatic rings. The number of pyridine rings is 1. The number of aromatic nitrogens is 2. The highest BCUT2D eigenvalue weighted by Gasteiger charge is 2.12. The van der Waals surface area contributed by atoms with Crippen LogP contribution in [-0.2, 0) is 6.42 Å². The van der Waals surface area contributed by atoms with Gasteiger partial charge >= 0.3 is 0 Å². The lowest BCUT2D eigenvalue weighted by atomic mass is 10.1. The fourth-order valence-electron chi connectivity index (χ4n) is 2.09. The summed E-state index contributed by atoms with van der Waals surface area (Å²) in [6.45, 7) is 2.08. The molecule has 0 amide bonds. The number of rotatable bonds is 3. The molecule has 4 heteroatoms. The number of nitrogens with zero attached hydrogens (tertiary/aromatic N) is 2. The van der Waals surface area contributed by atoms with Crippen molar-refractivity contribution in [2.75, 3.05) is 5.73 Å². The zero-order valence-corrected chi connectivity index (χ0v) is 12.0. The molecule has 0 saturated heterocycles. The molecule has 0 saturated carbocycles. The van der Waals surface area contributed by atoms with E-state index in [0.717, 1.165) is 28.2 Å². The largest absolute Gasteiger partial charge is 0.375 e. The Bertz CT molecular complexity index is 702. The highest BCUT2D eigenvalue weighted by atomic mass is 32.1. The van der Waals surface area contributed by atoms with Crippen LogP contribution < -0.4 is 5.73 Å². The van der Waals surface area contributed by atoms with E-state index in [1.165, 1.54) is 16.9 Å². The standard InChI is InChI=1S/C16H15N3S/c1-11-5-7-12(8-6-11)15-14(20-16(17)19-15)10-13-4-2-3-9-18-13/h2-9H,10H2,1H3,(H2,17,19).